The first kappa shape index (κ1) is 22.3. The number of aromatic nitrogens is 2. The minimum Gasteiger partial charge on any atom is -0.478 e. The van der Waals surface area contributed by atoms with Gasteiger partial charge in [0.25, 0.3) is 0 Å². The summed E-state index contributed by atoms with van der Waals surface area (Å²) in [6.45, 7) is 1.94. The third kappa shape index (κ3) is 4.53. The van der Waals surface area contributed by atoms with Crippen LogP contribution < -0.4 is 0 Å². The van der Waals surface area contributed by atoms with Crippen molar-refractivity contribution in [2.75, 3.05) is 0 Å². The van der Waals surface area contributed by atoms with E-state index in [1.54, 1.807) is 30.3 Å². The smallest absolute Gasteiger partial charge is 0.418 e. The summed E-state index contributed by atoms with van der Waals surface area (Å²) in [5, 5.41) is 14.6. The molecular formula is C26H21F3N2O2. The number of benzene rings is 3. The number of rotatable bonds is 6. The monoisotopic (exact) mass is 450 g/mol. The van der Waals surface area contributed by atoms with Crippen LogP contribution in [0.1, 0.15) is 40.0 Å². The summed E-state index contributed by atoms with van der Waals surface area (Å²) in [6.07, 6.45) is -4.37. The Morgan fingerprint density at radius 3 is 2.12 bits per heavy atom. The molecule has 1 unspecified atom stereocenters. The average Bonchev–Trinajstić information content (AvgIpc) is 3.19. The number of nitrogens with zero attached hydrogens (tertiary/aromatic N) is 2. The molecule has 0 aliphatic carbocycles. The predicted octanol–water partition coefficient (Wildman–Crippen LogP) is 6.60. The number of carboxylic acid groups (broad SMARTS) is 1. The lowest BCUT2D eigenvalue weighted by Crippen LogP contribution is -2.12. The molecular weight excluding hydrogens is 429 g/mol. The first-order valence-electron chi connectivity index (χ1n) is 10.4. The lowest BCUT2D eigenvalue weighted by Gasteiger charge is -2.15. The van der Waals surface area contributed by atoms with E-state index < -0.39 is 17.7 Å². The second-order valence-corrected chi connectivity index (χ2v) is 7.78. The SMILES string of the molecule is CC(Cc1nn(-c2ccccc2C(F)(F)F)c(-c2ccccc2)c1C(=O)O)c1ccccc1. The van der Waals surface area contributed by atoms with Crippen molar-refractivity contribution in [2.45, 2.75) is 25.4 Å². The second-order valence-electron chi connectivity index (χ2n) is 7.78. The highest BCUT2D eigenvalue weighted by Crippen LogP contribution is 2.37. The first-order chi connectivity index (χ1) is 15.8. The quantitative estimate of drug-likeness (QED) is 0.360. The van der Waals surface area contributed by atoms with E-state index in [2.05, 4.69) is 5.10 Å². The van der Waals surface area contributed by atoms with Crippen molar-refractivity contribution in [3.8, 4) is 16.9 Å². The lowest BCUT2D eigenvalue weighted by atomic mass is 9.94. The molecule has 7 heteroatoms. The van der Waals surface area contributed by atoms with Crippen molar-refractivity contribution in [1.82, 2.24) is 9.78 Å². The van der Waals surface area contributed by atoms with Crippen molar-refractivity contribution in [3.63, 3.8) is 0 Å². The van der Waals surface area contributed by atoms with Crippen LogP contribution in [0.4, 0.5) is 13.2 Å². The van der Waals surface area contributed by atoms with Gasteiger partial charge in [-0.3, -0.25) is 0 Å². The zero-order valence-electron chi connectivity index (χ0n) is 17.8. The van der Waals surface area contributed by atoms with E-state index >= 15 is 0 Å². The van der Waals surface area contributed by atoms with Gasteiger partial charge in [-0.1, -0.05) is 79.7 Å². The van der Waals surface area contributed by atoms with Gasteiger partial charge in [0, 0.05) is 5.56 Å². The molecule has 0 saturated carbocycles. The Balaban J connectivity index is 1.96. The van der Waals surface area contributed by atoms with Crippen molar-refractivity contribution in [2.24, 2.45) is 0 Å². The van der Waals surface area contributed by atoms with Gasteiger partial charge >= 0.3 is 12.1 Å². The van der Waals surface area contributed by atoms with Gasteiger partial charge in [0.15, 0.2) is 0 Å². The van der Waals surface area contributed by atoms with E-state index in [0.717, 1.165) is 16.3 Å². The summed E-state index contributed by atoms with van der Waals surface area (Å²) in [4.78, 5) is 12.4. The van der Waals surface area contributed by atoms with Crippen LogP contribution >= 0.6 is 0 Å². The van der Waals surface area contributed by atoms with E-state index in [4.69, 9.17) is 0 Å². The predicted molar refractivity (Wildman–Crippen MR) is 120 cm³/mol. The molecule has 1 atom stereocenters. The Labute approximate surface area is 188 Å². The Morgan fingerprint density at radius 2 is 1.52 bits per heavy atom. The Bertz CT molecular complexity index is 1270. The molecule has 1 N–H and O–H groups in total. The summed E-state index contributed by atoms with van der Waals surface area (Å²) in [6, 6.07) is 23.1. The molecule has 0 aliphatic heterocycles. The molecule has 0 radical (unpaired) electrons. The van der Waals surface area contributed by atoms with Gasteiger partial charge in [-0.05, 0) is 30.0 Å². The van der Waals surface area contributed by atoms with Crippen molar-refractivity contribution < 1.29 is 23.1 Å². The summed E-state index contributed by atoms with van der Waals surface area (Å²) < 4.78 is 42.5. The summed E-state index contributed by atoms with van der Waals surface area (Å²) in [5.41, 5.74) is 0.610. The van der Waals surface area contributed by atoms with E-state index in [1.807, 2.05) is 37.3 Å². The normalized spacial score (nSPS) is 12.5. The summed E-state index contributed by atoms with van der Waals surface area (Å²) in [5.74, 6) is -1.33. The van der Waals surface area contributed by atoms with Gasteiger partial charge in [0.1, 0.15) is 5.56 Å². The van der Waals surface area contributed by atoms with Crippen molar-refractivity contribution >= 4 is 5.97 Å². The molecule has 4 nitrogen and oxygen atoms in total. The number of halogens is 3. The van der Waals surface area contributed by atoms with Crippen LogP contribution in [-0.4, -0.2) is 20.9 Å². The van der Waals surface area contributed by atoms with Gasteiger partial charge in [0.2, 0.25) is 0 Å². The molecule has 0 spiro atoms. The molecule has 4 aromatic rings. The first-order valence-corrected chi connectivity index (χ1v) is 10.4. The van der Waals surface area contributed by atoms with Crippen LogP contribution in [0.15, 0.2) is 84.9 Å². The van der Waals surface area contributed by atoms with Crippen molar-refractivity contribution in [1.29, 1.82) is 0 Å². The fourth-order valence-electron chi connectivity index (χ4n) is 3.96. The van der Waals surface area contributed by atoms with Gasteiger partial charge in [-0.25, -0.2) is 9.48 Å². The van der Waals surface area contributed by atoms with Gasteiger partial charge in [-0.2, -0.15) is 18.3 Å². The number of carbonyl (C=O) groups is 1. The van der Waals surface area contributed by atoms with E-state index in [0.29, 0.717) is 5.56 Å². The van der Waals surface area contributed by atoms with Crippen molar-refractivity contribution in [3.05, 3.63) is 107 Å². The fraction of sp³-hybridized carbons (Fsp3) is 0.154. The third-order valence-electron chi connectivity index (χ3n) is 5.52. The van der Waals surface area contributed by atoms with Gasteiger partial charge in [0.05, 0.1) is 22.6 Å². The maximum Gasteiger partial charge on any atom is 0.418 e. The minimum atomic E-state index is -4.63. The van der Waals surface area contributed by atoms with E-state index in [1.165, 1.54) is 18.2 Å². The van der Waals surface area contributed by atoms with Crippen LogP contribution in [0.2, 0.25) is 0 Å². The standard InChI is InChI=1S/C26H21F3N2O2/c1-17(18-10-4-2-5-11-18)16-21-23(25(32)33)24(19-12-6-3-7-13-19)31(30-21)22-15-9-8-14-20(22)26(27,28)29/h2-15,17H,16H2,1H3,(H,32,33). The maximum absolute atomic E-state index is 13.8. The molecule has 0 amide bonds. The third-order valence-corrected chi connectivity index (χ3v) is 5.52. The fourth-order valence-corrected chi connectivity index (χ4v) is 3.96. The molecule has 4 rings (SSSR count). The van der Waals surface area contributed by atoms with Crippen LogP contribution in [0, 0.1) is 0 Å². The molecule has 1 aromatic heterocycles. The maximum atomic E-state index is 13.8. The number of carboxylic acids is 1. The molecule has 168 valence electrons. The molecule has 0 bridgehead atoms. The Morgan fingerprint density at radius 1 is 0.939 bits per heavy atom. The minimum absolute atomic E-state index is 0.0888. The highest BCUT2D eigenvalue weighted by Gasteiger charge is 2.36. The van der Waals surface area contributed by atoms with Crippen LogP contribution in [0.25, 0.3) is 16.9 Å². The summed E-state index contributed by atoms with van der Waals surface area (Å²) >= 11 is 0. The number of hydrogen-bond donors (Lipinski definition) is 1. The molecule has 0 saturated heterocycles. The molecule has 0 fully saturated rings. The number of hydrogen-bond acceptors (Lipinski definition) is 2. The zero-order chi connectivity index (χ0) is 23.6. The molecule has 0 aliphatic rings. The Kier molecular flexibility index (Phi) is 6.05. The number of aromatic carboxylic acids is 1. The molecule has 3 aromatic carbocycles. The summed E-state index contributed by atoms with van der Waals surface area (Å²) in [7, 11) is 0. The molecule has 33 heavy (non-hydrogen) atoms. The van der Waals surface area contributed by atoms with E-state index in [-0.39, 0.29) is 35.0 Å². The van der Waals surface area contributed by atoms with Crippen LogP contribution in [0.3, 0.4) is 0 Å². The lowest BCUT2D eigenvalue weighted by molar-refractivity contribution is -0.137. The van der Waals surface area contributed by atoms with Gasteiger partial charge < -0.3 is 5.11 Å². The second kappa shape index (κ2) is 8.94. The highest BCUT2D eigenvalue weighted by atomic mass is 19.4. The number of alkyl halides is 3. The largest absolute Gasteiger partial charge is 0.478 e. The topological polar surface area (TPSA) is 55.1 Å². The van der Waals surface area contributed by atoms with Crippen LogP contribution in [-0.2, 0) is 12.6 Å². The number of para-hydroxylation sites is 1. The average molecular weight is 450 g/mol. The van der Waals surface area contributed by atoms with Crippen LogP contribution in [0.5, 0.6) is 0 Å². The molecule has 1 heterocycles. The van der Waals surface area contributed by atoms with E-state index in [9.17, 15) is 23.1 Å². The zero-order valence-corrected chi connectivity index (χ0v) is 17.8. The Hall–Kier alpha value is -3.87. The van der Waals surface area contributed by atoms with Gasteiger partial charge in [-0.15, -0.1) is 0 Å². The highest BCUT2D eigenvalue weighted by molar-refractivity contribution is 5.97.